The highest BCUT2D eigenvalue weighted by Gasteiger charge is 2.23. The molecule has 0 amide bonds. The van der Waals surface area contributed by atoms with Crippen molar-refractivity contribution in [1.82, 2.24) is 19.5 Å². The highest BCUT2D eigenvalue weighted by Crippen LogP contribution is 2.42. The van der Waals surface area contributed by atoms with E-state index in [0.29, 0.717) is 38.6 Å². The SMILES string of the molecule is [2H]c1c([2H])c([2H])c(-c2nc(-c3ccc4c(c3)oc3cccc(-c5c([2H])c([2H])c([2H])c([2H])c5[2H])c34)nc(-n3c4cc5c(cc4c4cccc(-c6ccccc6)c43)oc3ccccc35)n2)c([2H])c1[2H]. The van der Waals surface area contributed by atoms with Crippen LogP contribution in [-0.4, -0.2) is 19.5 Å². The maximum absolute atomic E-state index is 9.01. The molecule has 0 saturated heterocycles. The van der Waals surface area contributed by atoms with Crippen LogP contribution in [0.15, 0.2) is 191 Å². The fourth-order valence-corrected chi connectivity index (χ4v) is 7.97. The summed E-state index contributed by atoms with van der Waals surface area (Å²) in [5.41, 5.74) is 6.08. The van der Waals surface area contributed by atoms with Gasteiger partial charge >= 0.3 is 0 Å². The molecular weight excluding hydrogens is 701 g/mol. The van der Waals surface area contributed by atoms with Crippen LogP contribution in [0.4, 0.5) is 0 Å². The molecule has 6 heteroatoms. The fourth-order valence-electron chi connectivity index (χ4n) is 7.97. The van der Waals surface area contributed by atoms with E-state index in [1.807, 2.05) is 89.5 Å². The lowest BCUT2D eigenvalue weighted by atomic mass is 9.99. The minimum atomic E-state index is -0.558. The molecule has 0 bridgehead atoms. The number of hydrogen-bond donors (Lipinski definition) is 0. The van der Waals surface area contributed by atoms with Crippen molar-refractivity contribution in [3.05, 3.63) is 182 Å². The summed E-state index contributed by atoms with van der Waals surface area (Å²) in [7, 11) is 0. The van der Waals surface area contributed by atoms with Crippen molar-refractivity contribution in [2.75, 3.05) is 0 Å². The first-order valence-corrected chi connectivity index (χ1v) is 18.2. The van der Waals surface area contributed by atoms with Crippen LogP contribution < -0.4 is 0 Å². The third-order valence-electron chi connectivity index (χ3n) is 10.4. The summed E-state index contributed by atoms with van der Waals surface area (Å²) in [4.78, 5) is 15.0. The van der Waals surface area contributed by atoms with E-state index < -0.39 is 48.3 Å². The van der Waals surface area contributed by atoms with Crippen molar-refractivity contribution >= 4 is 65.7 Å². The van der Waals surface area contributed by atoms with Crippen LogP contribution in [0.3, 0.4) is 0 Å². The Morgan fingerprint density at radius 3 is 1.93 bits per heavy atom. The molecule has 8 aromatic carbocycles. The summed E-state index contributed by atoms with van der Waals surface area (Å²) >= 11 is 0. The number of nitrogens with zero attached hydrogens (tertiary/aromatic N) is 4. The van der Waals surface area contributed by atoms with Crippen LogP contribution in [-0.2, 0) is 0 Å². The standard InChI is InChI=1S/C51H30N4O2/c1-4-14-31(15-5-1)35-21-13-25-44-47(35)39-27-26-34(28-45(39)57-44)50-52-49(33-18-8-3-9-19-33)53-51(54-50)55-42-29-41-37-20-10-11-24-43(37)56-46(41)30-40(42)38-23-12-22-36(48(38)55)32-16-6-2-7-17-32/h1-30H/i1D,3D,4D,5D,8D,9D,14D,15D,18D,19D. The van der Waals surface area contributed by atoms with E-state index in [2.05, 4.69) is 0 Å². The second kappa shape index (κ2) is 12.3. The summed E-state index contributed by atoms with van der Waals surface area (Å²) < 4.78 is 101. The zero-order chi connectivity index (χ0) is 46.2. The summed E-state index contributed by atoms with van der Waals surface area (Å²) in [6.07, 6.45) is 0. The Hall–Kier alpha value is -7.83. The molecule has 4 heterocycles. The van der Waals surface area contributed by atoms with Crippen molar-refractivity contribution in [3.8, 4) is 51.0 Å². The first kappa shape index (κ1) is 23.2. The van der Waals surface area contributed by atoms with Gasteiger partial charge in [0.25, 0.3) is 0 Å². The van der Waals surface area contributed by atoms with Gasteiger partial charge in [-0.3, -0.25) is 4.57 Å². The van der Waals surface area contributed by atoms with Crippen LogP contribution in [0.5, 0.6) is 0 Å². The van der Waals surface area contributed by atoms with Crippen molar-refractivity contribution in [2.45, 2.75) is 0 Å². The van der Waals surface area contributed by atoms with E-state index in [-0.39, 0.29) is 40.8 Å². The van der Waals surface area contributed by atoms with Gasteiger partial charge in [0.05, 0.1) is 24.7 Å². The number of rotatable bonds is 5. The highest BCUT2D eigenvalue weighted by atomic mass is 16.3. The lowest BCUT2D eigenvalue weighted by Crippen LogP contribution is -2.07. The predicted octanol–water partition coefficient (Wildman–Crippen LogP) is 13.4. The van der Waals surface area contributed by atoms with Crippen LogP contribution in [0.1, 0.15) is 13.7 Å². The van der Waals surface area contributed by atoms with Gasteiger partial charge in [-0.15, -0.1) is 0 Å². The number of fused-ring (bicyclic) bond motifs is 9. The van der Waals surface area contributed by atoms with Gasteiger partial charge in [0.15, 0.2) is 11.6 Å². The van der Waals surface area contributed by atoms with Crippen molar-refractivity contribution in [3.63, 3.8) is 0 Å². The molecule has 0 spiro atoms. The molecule has 266 valence electrons. The van der Waals surface area contributed by atoms with Crippen LogP contribution in [0.25, 0.3) is 117 Å². The lowest BCUT2D eigenvalue weighted by molar-refractivity contribution is 0.669. The Kier molecular flexibility index (Phi) is 5.02. The molecule has 0 N–H and O–H groups in total. The third kappa shape index (κ3) is 4.94. The molecule has 0 atom stereocenters. The van der Waals surface area contributed by atoms with E-state index in [0.717, 1.165) is 49.3 Å². The molecule has 12 aromatic rings. The normalized spacial score (nSPS) is 14.3. The molecule has 0 aliphatic carbocycles. The number of hydrogen-bond acceptors (Lipinski definition) is 5. The zero-order valence-corrected chi connectivity index (χ0v) is 29.7. The molecule has 0 saturated carbocycles. The van der Waals surface area contributed by atoms with E-state index in [1.165, 1.54) is 0 Å². The maximum Gasteiger partial charge on any atom is 0.238 e. The van der Waals surface area contributed by atoms with E-state index in [9.17, 15) is 0 Å². The quantitative estimate of drug-likeness (QED) is 0.176. The Balaban J connectivity index is 1.17. The van der Waals surface area contributed by atoms with Gasteiger partial charge < -0.3 is 8.83 Å². The topological polar surface area (TPSA) is 69.9 Å². The van der Waals surface area contributed by atoms with Gasteiger partial charge in [0.2, 0.25) is 5.95 Å². The van der Waals surface area contributed by atoms with Crippen LogP contribution in [0.2, 0.25) is 0 Å². The third-order valence-corrected chi connectivity index (χ3v) is 10.4. The first-order valence-electron chi connectivity index (χ1n) is 23.2. The maximum atomic E-state index is 9.01. The number of furan rings is 2. The van der Waals surface area contributed by atoms with Crippen LogP contribution >= 0.6 is 0 Å². The molecule has 57 heavy (non-hydrogen) atoms. The second-order valence-electron chi connectivity index (χ2n) is 13.6. The molecule has 0 aliphatic heterocycles. The van der Waals surface area contributed by atoms with Gasteiger partial charge in [0, 0.05) is 49.0 Å². The monoisotopic (exact) mass is 740 g/mol. The zero-order valence-electron chi connectivity index (χ0n) is 39.7. The largest absolute Gasteiger partial charge is 0.456 e. The summed E-state index contributed by atoms with van der Waals surface area (Å²) in [6, 6.07) is 33.4. The lowest BCUT2D eigenvalue weighted by Gasteiger charge is -2.13. The Morgan fingerprint density at radius 1 is 0.421 bits per heavy atom. The Bertz CT molecular complexity index is 4070. The summed E-state index contributed by atoms with van der Waals surface area (Å²) in [5.74, 6) is 0.0461. The van der Waals surface area contributed by atoms with Crippen molar-refractivity contribution in [2.24, 2.45) is 0 Å². The summed E-state index contributed by atoms with van der Waals surface area (Å²) in [6.45, 7) is 0. The molecule has 0 fully saturated rings. The van der Waals surface area contributed by atoms with E-state index >= 15 is 0 Å². The Morgan fingerprint density at radius 2 is 1.09 bits per heavy atom. The number of para-hydroxylation sites is 2. The summed E-state index contributed by atoms with van der Waals surface area (Å²) in [5, 5.41) is 4.59. The molecular formula is C51H30N4O2. The van der Waals surface area contributed by atoms with Gasteiger partial charge in [-0.05, 0) is 53.1 Å². The Labute approximate surface area is 340 Å². The molecule has 6 nitrogen and oxygen atoms in total. The van der Waals surface area contributed by atoms with E-state index in [1.54, 1.807) is 36.4 Å². The van der Waals surface area contributed by atoms with Gasteiger partial charge in [-0.2, -0.15) is 9.97 Å². The van der Waals surface area contributed by atoms with Gasteiger partial charge in [-0.25, -0.2) is 4.98 Å². The van der Waals surface area contributed by atoms with Crippen LogP contribution in [0, 0.1) is 0 Å². The molecule has 12 rings (SSSR count). The minimum Gasteiger partial charge on any atom is -0.456 e. The second-order valence-corrected chi connectivity index (χ2v) is 13.6. The fraction of sp³-hybridized carbons (Fsp3) is 0. The average Bonchev–Trinajstić information content (AvgIpc) is 4.02. The van der Waals surface area contributed by atoms with Crippen molar-refractivity contribution < 1.29 is 22.5 Å². The van der Waals surface area contributed by atoms with Crippen molar-refractivity contribution in [1.29, 1.82) is 0 Å². The molecule has 0 unspecified atom stereocenters. The average molecular weight is 741 g/mol. The molecule has 0 radical (unpaired) electrons. The predicted molar refractivity (Wildman–Crippen MR) is 230 cm³/mol. The molecule has 0 aliphatic rings. The first-order chi connectivity index (χ1) is 32.4. The molecule has 4 aromatic heterocycles. The van der Waals surface area contributed by atoms with Gasteiger partial charge in [0.1, 0.15) is 22.3 Å². The van der Waals surface area contributed by atoms with E-state index in [4.69, 9.17) is 37.5 Å². The smallest absolute Gasteiger partial charge is 0.238 e. The highest BCUT2D eigenvalue weighted by molar-refractivity contribution is 6.19. The number of benzene rings is 8. The van der Waals surface area contributed by atoms with Gasteiger partial charge in [-0.1, -0.05) is 145 Å². The minimum absolute atomic E-state index is 0.0375. The number of aromatic nitrogens is 4.